The minimum absolute atomic E-state index is 0.139. The Kier molecular flexibility index (Phi) is 6.85. The van der Waals surface area contributed by atoms with E-state index in [2.05, 4.69) is 27.0 Å². The lowest BCUT2D eigenvalue weighted by molar-refractivity contribution is -0.130. The van der Waals surface area contributed by atoms with Crippen molar-refractivity contribution >= 4 is 13.8 Å². The lowest BCUT2D eigenvalue weighted by Crippen LogP contribution is -2.38. The highest BCUT2D eigenvalue weighted by Gasteiger charge is 2.39. The number of carbonyl (C=O) groups is 1. The number of carbonyl (C=O) groups excluding carboxylic acids is 1. The standard InChI is InChI=1S/C21H40BNO/c1-19(11-7-5-4-6-8-12-19)17-21(22)15-9-13-20(2,14-10-16-21)18(24)23-3/h4-17,22H2,1-3H3,(H,23,24). The maximum Gasteiger partial charge on any atom is 0.225 e. The highest BCUT2D eigenvalue weighted by Crippen LogP contribution is 2.52. The van der Waals surface area contributed by atoms with E-state index in [9.17, 15) is 4.79 Å². The quantitative estimate of drug-likeness (QED) is 0.722. The van der Waals surface area contributed by atoms with Gasteiger partial charge in [-0.2, -0.15) is 0 Å². The molecule has 0 atom stereocenters. The van der Waals surface area contributed by atoms with Crippen molar-refractivity contribution in [2.75, 3.05) is 7.05 Å². The highest BCUT2D eigenvalue weighted by molar-refractivity contribution is 6.15. The first kappa shape index (κ1) is 19.9. The van der Waals surface area contributed by atoms with Gasteiger partial charge in [0.15, 0.2) is 0 Å². The van der Waals surface area contributed by atoms with E-state index in [1.807, 2.05) is 0 Å². The molecule has 2 rings (SSSR count). The molecule has 2 saturated carbocycles. The van der Waals surface area contributed by atoms with Gasteiger partial charge < -0.3 is 5.32 Å². The van der Waals surface area contributed by atoms with Crippen LogP contribution in [-0.4, -0.2) is 20.8 Å². The zero-order chi connectivity index (χ0) is 17.7. The van der Waals surface area contributed by atoms with E-state index in [0.29, 0.717) is 10.7 Å². The first-order valence-corrected chi connectivity index (χ1v) is 10.5. The molecule has 24 heavy (non-hydrogen) atoms. The molecule has 0 saturated heterocycles. The molecule has 0 unspecified atom stereocenters. The lowest BCUT2D eigenvalue weighted by atomic mass is 9.53. The maximum absolute atomic E-state index is 12.2. The van der Waals surface area contributed by atoms with Gasteiger partial charge in [0, 0.05) is 12.5 Å². The van der Waals surface area contributed by atoms with Gasteiger partial charge in [-0.3, -0.25) is 4.79 Å². The fourth-order valence-corrected chi connectivity index (χ4v) is 5.73. The Morgan fingerprint density at radius 2 is 1.33 bits per heavy atom. The summed E-state index contributed by atoms with van der Waals surface area (Å²) in [6, 6.07) is 0. The van der Waals surface area contributed by atoms with Crippen molar-refractivity contribution in [1.82, 2.24) is 5.32 Å². The van der Waals surface area contributed by atoms with Gasteiger partial charge in [0.1, 0.15) is 7.85 Å². The second kappa shape index (κ2) is 8.28. The third kappa shape index (κ3) is 5.26. The number of nitrogens with one attached hydrogen (secondary N) is 1. The molecule has 0 aromatic rings. The van der Waals surface area contributed by atoms with E-state index >= 15 is 0 Å². The van der Waals surface area contributed by atoms with Crippen molar-refractivity contribution in [3.63, 3.8) is 0 Å². The van der Waals surface area contributed by atoms with Crippen molar-refractivity contribution in [2.45, 2.75) is 109 Å². The fraction of sp³-hybridized carbons (Fsp3) is 0.952. The van der Waals surface area contributed by atoms with Crippen molar-refractivity contribution in [3.05, 3.63) is 0 Å². The van der Waals surface area contributed by atoms with Crippen LogP contribution in [0.5, 0.6) is 0 Å². The maximum atomic E-state index is 12.2. The molecular formula is C21H40BNO. The third-order valence-corrected chi connectivity index (χ3v) is 7.21. The smallest absolute Gasteiger partial charge is 0.225 e. The minimum atomic E-state index is -0.139. The zero-order valence-corrected chi connectivity index (χ0v) is 16.8. The van der Waals surface area contributed by atoms with E-state index in [1.54, 1.807) is 7.05 Å². The van der Waals surface area contributed by atoms with Crippen LogP contribution in [0.15, 0.2) is 0 Å². The fourth-order valence-electron chi connectivity index (χ4n) is 5.73. The summed E-state index contributed by atoms with van der Waals surface area (Å²) in [6.07, 6.45) is 18.6. The van der Waals surface area contributed by atoms with Crippen LogP contribution in [0.1, 0.15) is 104 Å². The average molecular weight is 333 g/mol. The monoisotopic (exact) mass is 333 g/mol. The molecular weight excluding hydrogens is 293 g/mol. The van der Waals surface area contributed by atoms with Gasteiger partial charge in [0.2, 0.25) is 5.91 Å². The number of rotatable bonds is 3. The van der Waals surface area contributed by atoms with Gasteiger partial charge in [0.05, 0.1) is 0 Å². The predicted octanol–water partition coefficient (Wildman–Crippen LogP) is 5.03. The van der Waals surface area contributed by atoms with Crippen LogP contribution in [0.2, 0.25) is 5.31 Å². The predicted molar refractivity (Wildman–Crippen MR) is 106 cm³/mol. The van der Waals surface area contributed by atoms with Crippen LogP contribution >= 0.6 is 0 Å². The second-order valence-corrected chi connectivity index (χ2v) is 9.91. The Bertz CT molecular complexity index is 402. The third-order valence-electron chi connectivity index (χ3n) is 7.21. The molecule has 0 radical (unpaired) electrons. The number of hydrogen-bond donors (Lipinski definition) is 1. The Labute approximate surface area is 151 Å². The molecule has 2 aliphatic rings. The normalized spacial score (nSPS) is 35.1. The number of amides is 1. The number of hydrogen-bond acceptors (Lipinski definition) is 1. The molecule has 0 heterocycles. The molecule has 1 amide bonds. The Morgan fingerprint density at radius 3 is 1.83 bits per heavy atom. The molecule has 0 aromatic carbocycles. The van der Waals surface area contributed by atoms with Crippen LogP contribution in [0.4, 0.5) is 0 Å². The van der Waals surface area contributed by atoms with Crippen LogP contribution in [0.3, 0.4) is 0 Å². The van der Waals surface area contributed by atoms with Crippen molar-refractivity contribution in [1.29, 1.82) is 0 Å². The summed E-state index contributed by atoms with van der Waals surface area (Å²) in [5.74, 6) is 0.248. The molecule has 0 aromatic heterocycles. The van der Waals surface area contributed by atoms with E-state index in [1.165, 1.54) is 77.0 Å². The van der Waals surface area contributed by atoms with Gasteiger partial charge in [-0.05, 0) is 37.5 Å². The summed E-state index contributed by atoms with van der Waals surface area (Å²) in [5, 5.41) is 3.37. The van der Waals surface area contributed by atoms with Crippen LogP contribution < -0.4 is 5.32 Å². The first-order chi connectivity index (χ1) is 11.3. The average Bonchev–Trinajstić information content (AvgIpc) is 2.49. The summed E-state index contributed by atoms with van der Waals surface area (Å²) in [7, 11) is 4.32. The van der Waals surface area contributed by atoms with E-state index < -0.39 is 0 Å². The molecule has 0 bridgehead atoms. The van der Waals surface area contributed by atoms with Crippen molar-refractivity contribution < 1.29 is 4.79 Å². The Balaban J connectivity index is 1.97. The van der Waals surface area contributed by atoms with Gasteiger partial charge in [-0.15, -0.1) is 0 Å². The molecule has 0 spiro atoms. The SMILES string of the molecule is BC1(CC2(C)CCCCCCC2)CCCC(C)(C(=O)NC)CCC1. The van der Waals surface area contributed by atoms with Crippen LogP contribution in [0, 0.1) is 10.8 Å². The molecule has 1 N–H and O–H groups in total. The molecule has 3 heteroatoms. The lowest BCUT2D eigenvalue weighted by Gasteiger charge is -2.43. The Hall–Kier alpha value is -0.465. The van der Waals surface area contributed by atoms with E-state index in [0.717, 1.165) is 12.8 Å². The van der Waals surface area contributed by atoms with E-state index in [-0.39, 0.29) is 11.3 Å². The highest BCUT2D eigenvalue weighted by atomic mass is 16.2. The summed E-state index contributed by atoms with van der Waals surface area (Å²) in [4.78, 5) is 12.2. The Morgan fingerprint density at radius 1 is 0.833 bits per heavy atom. The first-order valence-electron chi connectivity index (χ1n) is 10.5. The zero-order valence-electron chi connectivity index (χ0n) is 16.8. The van der Waals surface area contributed by atoms with Crippen LogP contribution in [0.25, 0.3) is 0 Å². The minimum Gasteiger partial charge on any atom is -0.359 e. The molecule has 138 valence electrons. The molecule has 2 aliphatic carbocycles. The van der Waals surface area contributed by atoms with Crippen LogP contribution in [-0.2, 0) is 4.79 Å². The summed E-state index contributed by atoms with van der Waals surface area (Å²) >= 11 is 0. The van der Waals surface area contributed by atoms with Gasteiger partial charge in [-0.25, -0.2) is 0 Å². The van der Waals surface area contributed by atoms with E-state index in [4.69, 9.17) is 0 Å². The molecule has 2 fully saturated rings. The van der Waals surface area contributed by atoms with Gasteiger partial charge in [0.25, 0.3) is 0 Å². The topological polar surface area (TPSA) is 29.1 Å². The van der Waals surface area contributed by atoms with Crippen molar-refractivity contribution in [2.24, 2.45) is 10.8 Å². The van der Waals surface area contributed by atoms with Gasteiger partial charge >= 0.3 is 0 Å². The summed E-state index contributed by atoms with van der Waals surface area (Å²) in [5.41, 5.74) is 0.415. The summed E-state index contributed by atoms with van der Waals surface area (Å²) < 4.78 is 0. The van der Waals surface area contributed by atoms with Gasteiger partial charge in [-0.1, -0.05) is 76.9 Å². The molecule has 0 aliphatic heterocycles. The van der Waals surface area contributed by atoms with Crippen molar-refractivity contribution in [3.8, 4) is 0 Å². The largest absolute Gasteiger partial charge is 0.359 e. The molecule has 2 nitrogen and oxygen atoms in total. The second-order valence-electron chi connectivity index (χ2n) is 9.91. The summed E-state index contributed by atoms with van der Waals surface area (Å²) in [6.45, 7) is 4.74.